The maximum atomic E-state index is 15.2. The maximum absolute atomic E-state index is 15.2. The van der Waals surface area contributed by atoms with E-state index < -0.39 is 59.6 Å². The molecule has 4 aliphatic heterocycles. The number of nitrogens with one attached hydrogen (secondary N) is 1. The molecular weight excluding hydrogens is 622 g/mol. The lowest BCUT2D eigenvalue weighted by molar-refractivity contribution is -0.161. The van der Waals surface area contributed by atoms with Crippen LogP contribution in [0.4, 0.5) is 5.69 Å². The van der Waals surface area contributed by atoms with Crippen LogP contribution in [0, 0.1) is 31.6 Å². The van der Waals surface area contributed by atoms with Crippen LogP contribution in [0.5, 0.6) is 0 Å². The third kappa shape index (κ3) is 5.99. The molecule has 2 aromatic carbocycles. The molecule has 0 radical (unpaired) electrons. The zero-order chi connectivity index (χ0) is 35.0. The van der Waals surface area contributed by atoms with Crippen LogP contribution in [0.25, 0.3) is 0 Å². The predicted octanol–water partition coefficient (Wildman–Crippen LogP) is 4.33. The lowest BCUT2D eigenvalue weighted by Crippen LogP contribution is -2.60. The van der Waals surface area contributed by atoms with Gasteiger partial charge >= 0.3 is 5.97 Å². The summed E-state index contributed by atoms with van der Waals surface area (Å²) >= 11 is 0. The number of ether oxygens (including phenoxy) is 2. The SMILES string of the molecule is CC[C@H](C)[C@H](CO)N1C(=O)[C@H]2[C@@H]3C(=O)O[C@H](c4ccccc4)[C@@H](C)NC(=O)CC/C=C\CN(c4c(C)cccc4C)C(=O)[C@H]1[C@@]21C=C[C@@H]3O1. The molecular formula is C39H47N3O7. The second kappa shape index (κ2) is 13.9. The van der Waals surface area contributed by atoms with Crippen LogP contribution in [0.2, 0.25) is 0 Å². The van der Waals surface area contributed by atoms with E-state index >= 15 is 4.79 Å². The van der Waals surface area contributed by atoms with Crippen molar-refractivity contribution >= 4 is 29.4 Å². The molecule has 2 saturated heterocycles. The fraction of sp³-hybridized carbons (Fsp3) is 0.487. The van der Waals surface area contributed by atoms with Gasteiger partial charge in [0.25, 0.3) is 5.91 Å². The van der Waals surface area contributed by atoms with Gasteiger partial charge in [-0.05, 0) is 49.8 Å². The molecule has 49 heavy (non-hydrogen) atoms. The number of amides is 3. The number of anilines is 1. The van der Waals surface area contributed by atoms with Gasteiger partial charge in [-0.1, -0.05) is 93.1 Å². The number of aliphatic hydroxyl groups excluding tert-OH is 1. The molecule has 0 unspecified atom stereocenters. The van der Waals surface area contributed by atoms with Crippen molar-refractivity contribution in [3.63, 3.8) is 0 Å². The monoisotopic (exact) mass is 669 g/mol. The molecule has 2 fully saturated rings. The molecule has 2 aromatic rings. The van der Waals surface area contributed by atoms with Crippen LogP contribution in [0.1, 0.15) is 62.8 Å². The average Bonchev–Trinajstić information content (AvgIpc) is 3.73. The fourth-order valence-electron chi connectivity index (χ4n) is 8.22. The van der Waals surface area contributed by atoms with Gasteiger partial charge in [-0.3, -0.25) is 19.2 Å². The Hall–Kier alpha value is -4.28. The number of allylic oxidation sites excluding steroid dienone is 1. The Labute approximate surface area is 288 Å². The van der Waals surface area contributed by atoms with E-state index in [4.69, 9.17) is 9.47 Å². The highest BCUT2D eigenvalue weighted by Crippen LogP contribution is 2.57. The van der Waals surface area contributed by atoms with E-state index in [1.807, 2.05) is 88.4 Å². The van der Waals surface area contributed by atoms with Crippen molar-refractivity contribution < 1.29 is 33.8 Å². The van der Waals surface area contributed by atoms with Gasteiger partial charge in [-0.2, -0.15) is 0 Å². The first-order chi connectivity index (χ1) is 23.5. The zero-order valence-corrected chi connectivity index (χ0v) is 28.9. The summed E-state index contributed by atoms with van der Waals surface area (Å²) in [7, 11) is 0. The van der Waals surface area contributed by atoms with Gasteiger partial charge in [0.05, 0.1) is 30.7 Å². The first-order valence-corrected chi connectivity index (χ1v) is 17.4. The number of carbonyl (C=O) groups is 4. The number of benzene rings is 2. The van der Waals surface area contributed by atoms with Gasteiger partial charge in [-0.25, -0.2) is 0 Å². The summed E-state index contributed by atoms with van der Waals surface area (Å²) in [6.45, 7) is 9.43. The van der Waals surface area contributed by atoms with Gasteiger partial charge in [-0.15, -0.1) is 0 Å². The third-order valence-corrected chi connectivity index (χ3v) is 10.8. The smallest absolute Gasteiger partial charge is 0.313 e. The summed E-state index contributed by atoms with van der Waals surface area (Å²) in [6.07, 6.45) is 6.97. The lowest BCUT2D eigenvalue weighted by Gasteiger charge is -2.41. The maximum Gasteiger partial charge on any atom is 0.313 e. The van der Waals surface area contributed by atoms with Crippen LogP contribution < -0.4 is 10.2 Å². The van der Waals surface area contributed by atoms with Crippen molar-refractivity contribution in [3.8, 4) is 0 Å². The summed E-state index contributed by atoms with van der Waals surface area (Å²) in [6, 6.07) is 12.6. The number of nitrogens with zero attached hydrogens (tertiary/aromatic N) is 2. The highest BCUT2D eigenvalue weighted by atomic mass is 16.6. The number of likely N-dealkylation sites (tertiary alicyclic amines) is 1. The van der Waals surface area contributed by atoms with Gasteiger partial charge in [0.1, 0.15) is 23.7 Å². The summed E-state index contributed by atoms with van der Waals surface area (Å²) in [5.41, 5.74) is 1.73. The Bertz CT molecular complexity index is 1640. The predicted molar refractivity (Wildman–Crippen MR) is 184 cm³/mol. The molecule has 0 saturated carbocycles. The summed E-state index contributed by atoms with van der Waals surface area (Å²) in [4.78, 5) is 60.7. The molecule has 260 valence electrons. The Morgan fingerprint density at radius 3 is 2.39 bits per heavy atom. The van der Waals surface area contributed by atoms with Crippen LogP contribution in [0.15, 0.2) is 72.8 Å². The molecule has 10 nitrogen and oxygen atoms in total. The molecule has 0 aliphatic carbocycles. The van der Waals surface area contributed by atoms with Crippen LogP contribution >= 0.6 is 0 Å². The first kappa shape index (κ1) is 34.6. The number of cyclic esters (lactones) is 1. The van der Waals surface area contributed by atoms with Crippen LogP contribution in [0.3, 0.4) is 0 Å². The lowest BCUT2D eigenvalue weighted by atomic mass is 9.74. The quantitative estimate of drug-likeness (QED) is 0.347. The Morgan fingerprint density at radius 2 is 1.71 bits per heavy atom. The van der Waals surface area contributed by atoms with Gasteiger partial charge in [0.2, 0.25) is 11.8 Å². The van der Waals surface area contributed by atoms with E-state index in [1.165, 1.54) is 4.90 Å². The number of para-hydroxylation sites is 1. The number of aliphatic hydroxyl groups is 1. The molecule has 1 spiro atoms. The van der Waals surface area contributed by atoms with Crippen LogP contribution in [-0.2, 0) is 28.7 Å². The first-order valence-electron chi connectivity index (χ1n) is 17.4. The molecule has 4 heterocycles. The summed E-state index contributed by atoms with van der Waals surface area (Å²) in [5, 5.41) is 13.8. The number of hydrogen-bond acceptors (Lipinski definition) is 7. The highest BCUT2D eigenvalue weighted by Gasteiger charge is 2.74. The number of esters is 1. The molecule has 6 rings (SSSR count). The number of fused-ring (bicyclic) bond motifs is 2. The van der Waals surface area contributed by atoms with E-state index in [1.54, 1.807) is 24.0 Å². The standard InChI is InChI=1S/C39H47N3O7/c1-6-23(2)28(22-43)42-35-37(46)41(33-24(3)14-13-15-25(33)4)21-12-8-11-18-30(44)40-26(5)34(27-16-9-7-10-17-27)48-38(47)31-29-19-20-39(35,49-29)32(31)36(42)45/h7-10,12-17,19-20,23,26,28-29,31-32,34-35,43H,6,11,18,21-22H2,1-5H3,(H,40,44)/b12-8-/t23-,26+,28-,29-,31+,32+,34-,35-,39+/m0/s1. The van der Waals surface area contributed by atoms with Crippen molar-refractivity contribution in [3.05, 3.63) is 89.5 Å². The second-order valence-corrected chi connectivity index (χ2v) is 13.9. The molecule has 9 atom stereocenters. The topological polar surface area (TPSA) is 125 Å². The Kier molecular flexibility index (Phi) is 9.82. The normalized spacial score (nSPS) is 32.1. The van der Waals surface area contributed by atoms with Crippen LogP contribution in [-0.4, -0.2) is 76.7 Å². The number of carbonyl (C=O) groups excluding carboxylic acids is 4. The van der Waals surface area contributed by atoms with Crippen molar-refractivity contribution in [2.24, 2.45) is 17.8 Å². The van der Waals surface area contributed by atoms with Crippen molar-refractivity contribution in [2.45, 2.75) is 89.8 Å². The summed E-state index contributed by atoms with van der Waals surface area (Å²) in [5.74, 6) is -3.85. The molecule has 0 aromatic heterocycles. The van der Waals surface area contributed by atoms with E-state index in [2.05, 4.69) is 5.32 Å². The third-order valence-electron chi connectivity index (χ3n) is 10.8. The van der Waals surface area contributed by atoms with Gasteiger partial charge in [0, 0.05) is 18.7 Å². The molecule has 4 aliphatic rings. The van der Waals surface area contributed by atoms with E-state index in [0.717, 1.165) is 16.8 Å². The molecule has 5 bridgehead atoms. The van der Waals surface area contributed by atoms with E-state index in [9.17, 15) is 19.5 Å². The van der Waals surface area contributed by atoms with Gasteiger partial charge < -0.3 is 29.7 Å². The minimum atomic E-state index is -1.45. The Balaban J connectivity index is 1.51. The number of rotatable bonds is 6. The van der Waals surface area contributed by atoms with E-state index in [0.29, 0.717) is 18.4 Å². The molecule has 2 N–H and O–H groups in total. The average molecular weight is 670 g/mol. The minimum Gasteiger partial charge on any atom is -0.455 e. The summed E-state index contributed by atoms with van der Waals surface area (Å²) < 4.78 is 12.9. The zero-order valence-electron chi connectivity index (χ0n) is 28.9. The highest BCUT2D eigenvalue weighted by molar-refractivity contribution is 6.06. The van der Waals surface area contributed by atoms with Gasteiger partial charge in [0.15, 0.2) is 0 Å². The second-order valence-electron chi connectivity index (χ2n) is 13.9. The largest absolute Gasteiger partial charge is 0.455 e. The van der Waals surface area contributed by atoms with Crippen molar-refractivity contribution in [1.82, 2.24) is 10.2 Å². The number of aryl methyl sites for hydroxylation is 2. The molecule has 3 amide bonds. The van der Waals surface area contributed by atoms with E-state index in [-0.39, 0.29) is 37.3 Å². The number of hydrogen-bond donors (Lipinski definition) is 2. The molecule has 10 heteroatoms. The van der Waals surface area contributed by atoms with Crippen molar-refractivity contribution in [1.29, 1.82) is 0 Å². The Morgan fingerprint density at radius 1 is 1.00 bits per heavy atom. The fourth-order valence-corrected chi connectivity index (χ4v) is 8.22. The minimum absolute atomic E-state index is 0.149. The van der Waals surface area contributed by atoms with Crippen molar-refractivity contribution in [2.75, 3.05) is 18.1 Å².